The monoisotopic (exact) mass is 501 g/mol. The Balaban J connectivity index is 1.30. The van der Waals surface area contributed by atoms with Crippen molar-refractivity contribution in [3.63, 3.8) is 0 Å². The molecule has 0 radical (unpaired) electrons. The summed E-state index contributed by atoms with van der Waals surface area (Å²) < 4.78 is 11.4. The fraction of sp³-hybridized carbons (Fsp3) is 0.150. The number of anilines is 1. The Hall–Kier alpha value is -3.31. The standard InChI is InChI=1S/C20H16BrN5O4S/c1-11-2-4-12(5-3-11)19(28)23-20-26-25-18(31-20)8-17(27)24-22-9-13-6-15-16(7-14(13)21)30-10-29-15/h2-7,9H,8,10H2,1H3,(H,24,27)(H,23,26,28)/b22-9+. The van der Waals surface area contributed by atoms with Crippen molar-refractivity contribution in [3.8, 4) is 11.5 Å². The number of amides is 2. The second-order valence-corrected chi connectivity index (χ2v) is 8.43. The van der Waals surface area contributed by atoms with E-state index in [1.54, 1.807) is 24.3 Å². The maximum Gasteiger partial charge on any atom is 0.257 e. The molecule has 2 aromatic carbocycles. The zero-order chi connectivity index (χ0) is 21.8. The first-order chi connectivity index (χ1) is 15.0. The molecule has 1 aliphatic rings. The van der Waals surface area contributed by atoms with E-state index in [0.717, 1.165) is 26.9 Å². The van der Waals surface area contributed by atoms with Crippen LogP contribution in [0.3, 0.4) is 0 Å². The first-order valence-corrected chi connectivity index (χ1v) is 10.7. The van der Waals surface area contributed by atoms with E-state index in [0.29, 0.717) is 27.2 Å². The topological polar surface area (TPSA) is 115 Å². The third-order valence-corrected chi connectivity index (χ3v) is 5.72. The van der Waals surface area contributed by atoms with Crippen LogP contribution in [0.25, 0.3) is 0 Å². The van der Waals surface area contributed by atoms with Gasteiger partial charge in [-0.2, -0.15) is 5.10 Å². The number of carbonyl (C=O) groups excluding carboxylic acids is 2. The third-order valence-electron chi connectivity index (χ3n) is 4.20. The predicted octanol–water partition coefficient (Wildman–Crippen LogP) is 3.28. The van der Waals surface area contributed by atoms with Crippen LogP contribution in [0.5, 0.6) is 11.5 Å². The average Bonchev–Trinajstić information content (AvgIpc) is 3.37. The normalized spacial score (nSPS) is 12.2. The molecule has 31 heavy (non-hydrogen) atoms. The van der Waals surface area contributed by atoms with Crippen LogP contribution < -0.4 is 20.2 Å². The maximum atomic E-state index is 12.2. The van der Waals surface area contributed by atoms with Crippen molar-refractivity contribution in [2.45, 2.75) is 13.3 Å². The zero-order valence-electron chi connectivity index (χ0n) is 16.2. The van der Waals surface area contributed by atoms with Crippen LogP contribution in [0.15, 0.2) is 46.0 Å². The summed E-state index contributed by atoms with van der Waals surface area (Å²) in [6.07, 6.45) is 1.48. The van der Waals surface area contributed by atoms with Crippen molar-refractivity contribution in [1.82, 2.24) is 15.6 Å². The predicted molar refractivity (Wildman–Crippen MR) is 119 cm³/mol. The van der Waals surface area contributed by atoms with Gasteiger partial charge in [-0.15, -0.1) is 10.2 Å². The number of aromatic nitrogens is 2. The number of benzene rings is 2. The lowest BCUT2D eigenvalue weighted by atomic mass is 10.1. The van der Waals surface area contributed by atoms with E-state index < -0.39 is 0 Å². The van der Waals surface area contributed by atoms with Gasteiger partial charge < -0.3 is 9.47 Å². The second kappa shape index (κ2) is 9.23. The molecule has 158 valence electrons. The fourth-order valence-electron chi connectivity index (χ4n) is 2.63. The Bertz CT molecular complexity index is 1160. The zero-order valence-corrected chi connectivity index (χ0v) is 18.6. The van der Waals surface area contributed by atoms with Gasteiger partial charge in [0.2, 0.25) is 17.8 Å². The lowest BCUT2D eigenvalue weighted by Gasteiger charge is -2.02. The molecular formula is C20H16BrN5O4S. The smallest absolute Gasteiger partial charge is 0.257 e. The number of rotatable bonds is 6. The van der Waals surface area contributed by atoms with Crippen LogP contribution in [0.2, 0.25) is 0 Å². The van der Waals surface area contributed by atoms with E-state index >= 15 is 0 Å². The number of hydrogen-bond donors (Lipinski definition) is 2. The number of fused-ring (bicyclic) bond motifs is 1. The van der Waals surface area contributed by atoms with Gasteiger partial charge in [-0.1, -0.05) is 29.0 Å². The molecule has 4 rings (SSSR count). The van der Waals surface area contributed by atoms with Crippen LogP contribution in [0.1, 0.15) is 26.5 Å². The summed E-state index contributed by atoms with van der Waals surface area (Å²) in [5, 5.41) is 15.3. The molecule has 2 heterocycles. The molecule has 0 atom stereocenters. The maximum absolute atomic E-state index is 12.2. The van der Waals surface area contributed by atoms with Gasteiger partial charge >= 0.3 is 0 Å². The minimum Gasteiger partial charge on any atom is -0.454 e. The molecule has 3 aromatic rings. The highest BCUT2D eigenvalue weighted by atomic mass is 79.9. The Kier molecular flexibility index (Phi) is 6.23. The van der Waals surface area contributed by atoms with Gasteiger partial charge in [-0.05, 0) is 47.1 Å². The Labute approximate surface area is 189 Å². The Morgan fingerprint density at radius 1 is 1.19 bits per heavy atom. The minimum absolute atomic E-state index is 0.0162. The SMILES string of the molecule is Cc1ccc(C(=O)Nc2nnc(CC(=O)N/N=C/c3cc4c(cc3Br)OCO4)s2)cc1. The van der Waals surface area contributed by atoms with Crippen LogP contribution in [-0.4, -0.2) is 35.0 Å². The molecule has 0 fully saturated rings. The lowest BCUT2D eigenvalue weighted by Crippen LogP contribution is -2.19. The number of carbonyl (C=O) groups is 2. The minimum atomic E-state index is -0.360. The number of ether oxygens (including phenoxy) is 2. The molecular weight excluding hydrogens is 486 g/mol. The van der Waals surface area contributed by atoms with E-state index in [9.17, 15) is 9.59 Å². The third kappa shape index (κ3) is 5.25. The first-order valence-electron chi connectivity index (χ1n) is 9.09. The number of halogens is 1. The molecule has 1 aromatic heterocycles. The summed E-state index contributed by atoms with van der Waals surface area (Å²) >= 11 is 4.55. The Morgan fingerprint density at radius 2 is 1.94 bits per heavy atom. The molecule has 0 saturated heterocycles. The molecule has 1 aliphatic heterocycles. The van der Waals surface area contributed by atoms with Crippen molar-refractivity contribution in [1.29, 1.82) is 0 Å². The molecule has 0 saturated carbocycles. The molecule has 2 N–H and O–H groups in total. The van der Waals surface area contributed by atoms with Crippen LogP contribution >= 0.6 is 27.3 Å². The molecule has 0 spiro atoms. The quantitative estimate of drug-likeness (QED) is 0.395. The molecule has 0 bridgehead atoms. The highest BCUT2D eigenvalue weighted by Crippen LogP contribution is 2.36. The summed E-state index contributed by atoms with van der Waals surface area (Å²) in [6, 6.07) is 10.7. The molecule has 2 amide bonds. The summed E-state index contributed by atoms with van der Waals surface area (Å²) in [5.74, 6) is 0.617. The van der Waals surface area contributed by atoms with E-state index in [-0.39, 0.29) is 25.0 Å². The summed E-state index contributed by atoms with van der Waals surface area (Å²) in [5.41, 5.74) is 4.75. The molecule has 11 heteroatoms. The summed E-state index contributed by atoms with van der Waals surface area (Å²) in [4.78, 5) is 24.4. The largest absolute Gasteiger partial charge is 0.454 e. The van der Waals surface area contributed by atoms with Crippen LogP contribution in [0, 0.1) is 6.92 Å². The van der Waals surface area contributed by atoms with Gasteiger partial charge in [0.25, 0.3) is 5.91 Å². The van der Waals surface area contributed by atoms with Gasteiger partial charge in [-0.25, -0.2) is 5.43 Å². The van der Waals surface area contributed by atoms with Gasteiger partial charge in [0.15, 0.2) is 11.5 Å². The van der Waals surface area contributed by atoms with Gasteiger partial charge in [0, 0.05) is 15.6 Å². The van der Waals surface area contributed by atoms with Crippen molar-refractivity contribution in [2.75, 3.05) is 12.1 Å². The van der Waals surface area contributed by atoms with E-state index in [1.165, 1.54) is 6.21 Å². The van der Waals surface area contributed by atoms with Crippen molar-refractivity contribution in [2.24, 2.45) is 5.10 Å². The number of nitrogens with one attached hydrogen (secondary N) is 2. The van der Waals surface area contributed by atoms with Crippen molar-refractivity contribution in [3.05, 3.63) is 62.6 Å². The second-order valence-electron chi connectivity index (χ2n) is 6.52. The summed E-state index contributed by atoms with van der Waals surface area (Å²) in [7, 11) is 0. The fourth-order valence-corrected chi connectivity index (χ4v) is 3.79. The first kappa shape index (κ1) is 20.9. The molecule has 0 aliphatic carbocycles. The Morgan fingerprint density at radius 3 is 2.71 bits per heavy atom. The average molecular weight is 502 g/mol. The van der Waals surface area contributed by atoms with Crippen molar-refractivity contribution >= 4 is 50.4 Å². The summed E-state index contributed by atoms with van der Waals surface area (Å²) in [6.45, 7) is 2.12. The lowest BCUT2D eigenvalue weighted by molar-refractivity contribution is -0.120. The van der Waals surface area contributed by atoms with E-state index in [1.807, 2.05) is 19.1 Å². The van der Waals surface area contributed by atoms with E-state index in [2.05, 4.69) is 42.0 Å². The number of nitrogens with zero attached hydrogens (tertiary/aromatic N) is 3. The van der Waals surface area contributed by atoms with E-state index in [4.69, 9.17) is 9.47 Å². The van der Waals surface area contributed by atoms with Crippen LogP contribution in [0.4, 0.5) is 5.13 Å². The number of hydrazone groups is 1. The number of hydrogen-bond acceptors (Lipinski definition) is 8. The van der Waals surface area contributed by atoms with Gasteiger partial charge in [-0.3, -0.25) is 14.9 Å². The molecule has 0 unspecified atom stereocenters. The highest BCUT2D eigenvalue weighted by molar-refractivity contribution is 9.10. The van der Waals surface area contributed by atoms with Crippen LogP contribution in [-0.2, 0) is 11.2 Å². The van der Waals surface area contributed by atoms with Gasteiger partial charge in [0.1, 0.15) is 5.01 Å². The highest BCUT2D eigenvalue weighted by Gasteiger charge is 2.16. The molecule has 9 nitrogen and oxygen atoms in total. The number of aryl methyl sites for hydroxylation is 1. The van der Waals surface area contributed by atoms with Gasteiger partial charge in [0.05, 0.1) is 12.6 Å². The van der Waals surface area contributed by atoms with Crippen molar-refractivity contribution < 1.29 is 19.1 Å².